The monoisotopic (exact) mass is 323 g/mol. The van der Waals surface area contributed by atoms with Gasteiger partial charge in [-0.2, -0.15) is 0 Å². The van der Waals surface area contributed by atoms with Gasteiger partial charge >= 0.3 is 0 Å². The predicted molar refractivity (Wildman–Crippen MR) is 86.7 cm³/mol. The highest BCUT2D eigenvalue weighted by Gasteiger charge is 2.31. The van der Waals surface area contributed by atoms with Crippen LogP contribution in [-0.4, -0.2) is 28.8 Å². The zero-order valence-electron chi connectivity index (χ0n) is 11.1. The van der Waals surface area contributed by atoms with Crippen molar-refractivity contribution in [1.82, 2.24) is 5.32 Å². The molecule has 1 atom stereocenters. The van der Waals surface area contributed by atoms with Crippen LogP contribution in [0, 0.1) is 0 Å². The molecule has 0 saturated carbocycles. The van der Waals surface area contributed by atoms with E-state index in [2.05, 4.69) is 22.2 Å². The van der Waals surface area contributed by atoms with E-state index in [1.807, 2.05) is 0 Å². The second-order valence-corrected chi connectivity index (χ2v) is 5.86. The summed E-state index contributed by atoms with van der Waals surface area (Å²) in [5.74, 6) is -0.474. The van der Waals surface area contributed by atoms with Gasteiger partial charge in [-0.3, -0.25) is 14.6 Å². The molecular formula is C14H14ClN3O2S. The van der Waals surface area contributed by atoms with E-state index in [1.54, 1.807) is 30.3 Å². The van der Waals surface area contributed by atoms with Crippen LogP contribution in [-0.2, 0) is 9.59 Å². The normalized spacial score (nSPS) is 19.4. The fourth-order valence-corrected chi connectivity index (χ4v) is 2.86. The lowest BCUT2D eigenvalue weighted by atomic mass is 10.2. The standard InChI is InChI=1S/C14H14ClN3O2S/c1-2-7-16-14-18-13(20)11(21-14)8-12(19)17-10-6-4-3-5-9(10)15/h2-6,11H,1,7-8H2,(H,17,19)(H,16,18,20). The first-order chi connectivity index (χ1) is 10.1. The number of carbonyl (C=O) groups is 2. The van der Waals surface area contributed by atoms with Crippen molar-refractivity contribution in [1.29, 1.82) is 0 Å². The molecule has 0 radical (unpaired) electrons. The minimum absolute atomic E-state index is 0.0643. The zero-order valence-corrected chi connectivity index (χ0v) is 12.7. The first kappa shape index (κ1) is 15.6. The highest BCUT2D eigenvalue weighted by Crippen LogP contribution is 2.24. The highest BCUT2D eigenvalue weighted by molar-refractivity contribution is 8.15. The quantitative estimate of drug-likeness (QED) is 0.818. The minimum Gasteiger partial charge on any atom is -0.325 e. The number of nitrogens with zero attached hydrogens (tertiary/aromatic N) is 1. The van der Waals surface area contributed by atoms with E-state index >= 15 is 0 Å². The van der Waals surface area contributed by atoms with Gasteiger partial charge in [0.25, 0.3) is 0 Å². The molecule has 1 aromatic rings. The lowest BCUT2D eigenvalue weighted by molar-refractivity contribution is -0.122. The summed E-state index contributed by atoms with van der Waals surface area (Å²) in [4.78, 5) is 27.9. The molecule has 1 aliphatic heterocycles. The molecule has 1 unspecified atom stereocenters. The van der Waals surface area contributed by atoms with E-state index in [0.29, 0.717) is 22.4 Å². The van der Waals surface area contributed by atoms with Crippen molar-refractivity contribution >= 4 is 46.0 Å². The number of hydrogen-bond acceptors (Lipinski definition) is 4. The molecule has 2 N–H and O–H groups in total. The van der Waals surface area contributed by atoms with Gasteiger partial charge in [0.15, 0.2) is 5.17 Å². The van der Waals surface area contributed by atoms with Crippen LogP contribution in [0.2, 0.25) is 5.02 Å². The Morgan fingerprint density at radius 2 is 2.29 bits per heavy atom. The second-order valence-electron chi connectivity index (χ2n) is 4.26. The average Bonchev–Trinajstić information content (AvgIpc) is 2.79. The molecule has 7 heteroatoms. The van der Waals surface area contributed by atoms with Crippen molar-refractivity contribution in [2.45, 2.75) is 11.7 Å². The van der Waals surface area contributed by atoms with Crippen LogP contribution in [0.3, 0.4) is 0 Å². The molecule has 110 valence electrons. The number of para-hydroxylation sites is 1. The molecule has 2 amide bonds. The smallest absolute Gasteiger partial charge is 0.240 e. The predicted octanol–water partition coefficient (Wildman–Crippen LogP) is 2.44. The fourth-order valence-electron chi connectivity index (χ4n) is 1.69. The Morgan fingerprint density at radius 1 is 1.52 bits per heavy atom. The van der Waals surface area contributed by atoms with Gasteiger partial charge in [-0.1, -0.05) is 41.6 Å². The van der Waals surface area contributed by atoms with E-state index in [9.17, 15) is 9.59 Å². The van der Waals surface area contributed by atoms with Gasteiger partial charge < -0.3 is 10.6 Å². The molecule has 1 aliphatic rings. The van der Waals surface area contributed by atoms with Crippen LogP contribution in [0.15, 0.2) is 41.9 Å². The van der Waals surface area contributed by atoms with Crippen LogP contribution in [0.25, 0.3) is 0 Å². The number of thioether (sulfide) groups is 1. The third kappa shape index (κ3) is 4.34. The molecule has 1 heterocycles. The molecule has 1 aromatic carbocycles. The topological polar surface area (TPSA) is 70.6 Å². The molecule has 0 aliphatic carbocycles. The summed E-state index contributed by atoms with van der Waals surface area (Å²) >= 11 is 7.22. The van der Waals surface area contributed by atoms with Crippen LogP contribution < -0.4 is 10.6 Å². The number of nitrogens with one attached hydrogen (secondary N) is 2. The van der Waals surface area contributed by atoms with Gasteiger partial charge in [0.2, 0.25) is 11.8 Å². The number of halogens is 1. The summed E-state index contributed by atoms with van der Waals surface area (Å²) < 4.78 is 0. The van der Waals surface area contributed by atoms with Gasteiger partial charge in [-0.05, 0) is 12.1 Å². The van der Waals surface area contributed by atoms with E-state index in [4.69, 9.17) is 11.6 Å². The summed E-state index contributed by atoms with van der Waals surface area (Å²) in [6.07, 6.45) is 1.70. The molecule has 0 aromatic heterocycles. The maximum atomic E-state index is 12.0. The Labute approximate surface area is 131 Å². The lowest BCUT2D eigenvalue weighted by Gasteiger charge is -2.08. The number of carbonyl (C=O) groups excluding carboxylic acids is 2. The van der Waals surface area contributed by atoms with Gasteiger partial charge in [-0.25, -0.2) is 0 Å². The number of rotatable bonds is 5. The maximum Gasteiger partial charge on any atom is 0.240 e. The number of benzene rings is 1. The molecule has 1 saturated heterocycles. The summed E-state index contributed by atoms with van der Waals surface area (Å²) in [6.45, 7) is 3.99. The number of hydrogen-bond donors (Lipinski definition) is 2. The fraction of sp³-hybridized carbons (Fsp3) is 0.214. The molecule has 1 fully saturated rings. The molecular weight excluding hydrogens is 310 g/mol. The Hall–Kier alpha value is -1.79. The minimum atomic E-state index is -0.476. The molecule has 0 spiro atoms. The molecule has 2 rings (SSSR count). The number of anilines is 1. The molecule has 21 heavy (non-hydrogen) atoms. The SMILES string of the molecule is C=CCN=C1NC(=O)C(CC(=O)Nc2ccccc2Cl)S1. The van der Waals surface area contributed by atoms with Crippen molar-refractivity contribution in [3.05, 3.63) is 41.9 Å². The Bertz CT molecular complexity index is 604. The van der Waals surface area contributed by atoms with E-state index in [-0.39, 0.29) is 18.2 Å². The number of amidine groups is 1. The van der Waals surface area contributed by atoms with Crippen LogP contribution >= 0.6 is 23.4 Å². The van der Waals surface area contributed by atoms with Gasteiger partial charge in [0.05, 0.1) is 17.3 Å². The van der Waals surface area contributed by atoms with Crippen molar-refractivity contribution < 1.29 is 9.59 Å². The first-order valence-corrected chi connectivity index (χ1v) is 7.53. The van der Waals surface area contributed by atoms with Gasteiger partial charge in [0.1, 0.15) is 5.25 Å². The zero-order chi connectivity index (χ0) is 15.2. The summed E-state index contributed by atoms with van der Waals surface area (Å²) in [6, 6.07) is 6.95. The van der Waals surface area contributed by atoms with Crippen molar-refractivity contribution in [3.63, 3.8) is 0 Å². The van der Waals surface area contributed by atoms with Crippen LogP contribution in [0.5, 0.6) is 0 Å². The molecule has 5 nitrogen and oxygen atoms in total. The van der Waals surface area contributed by atoms with Crippen LogP contribution in [0.1, 0.15) is 6.42 Å². The highest BCUT2D eigenvalue weighted by atomic mass is 35.5. The van der Waals surface area contributed by atoms with Crippen molar-refractivity contribution in [2.75, 3.05) is 11.9 Å². The average molecular weight is 324 g/mol. The summed E-state index contributed by atoms with van der Waals surface area (Å²) in [5, 5.41) is 5.84. The maximum absolute atomic E-state index is 12.0. The van der Waals surface area contributed by atoms with E-state index < -0.39 is 5.25 Å². The third-order valence-electron chi connectivity index (χ3n) is 2.66. The number of aliphatic imine (C=N–C) groups is 1. The van der Waals surface area contributed by atoms with Gasteiger partial charge in [-0.15, -0.1) is 6.58 Å². The van der Waals surface area contributed by atoms with E-state index in [0.717, 1.165) is 0 Å². The molecule has 0 bridgehead atoms. The second kappa shape index (κ2) is 7.28. The Morgan fingerprint density at radius 3 is 3.00 bits per heavy atom. The van der Waals surface area contributed by atoms with E-state index in [1.165, 1.54) is 11.8 Å². The largest absolute Gasteiger partial charge is 0.325 e. The summed E-state index contributed by atoms with van der Waals surface area (Å²) in [7, 11) is 0. The van der Waals surface area contributed by atoms with Gasteiger partial charge in [0, 0.05) is 6.42 Å². The number of amides is 2. The Balaban J connectivity index is 1.93. The summed E-state index contributed by atoms with van der Waals surface area (Å²) in [5.41, 5.74) is 0.535. The van der Waals surface area contributed by atoms with Crippen molar-refractivity contribution in [3.8, 4) is 0 Å². The third-order valence-corrected chi connectivity index (χ3v) is 4.11. The van der Waals surface area contributed by atoms with Crippen molar-refractivity contribution in [2.24, 2.45) is 4.99 Å². The first-order valence-electron chi connectivity index (χ1n) is 6.27. The lowest BCUT2D eigenvalue weighted by Crippen LogP contribution is -2.28. The van der Waals surface area contributed by atoms with Crippen LogP contribution in [0.4, 0.5) is 5.69 Å². The Kier molecular flexibility index (Phi) is 5.41.